The predicted molar refractivity (Wildman–Crippen MR) is 74.6 cm³/mol. The summed E-state index contributed by atoms with van der Waals surface area (Å²) in [4.78, 5) is 11.7. The Bertz CT molecular complexity index is 609. The van der Waals surface area contributed by atoms with Crippen molar-refractivity contribution in [3.05, 3.63) is 64.7 Å². The summed E-state index contributed by atoms with van der Waals surface area (Å²) in [6.07, 6.45) is 1.50. The van der Waals surface area contributed by atoms with E-state index in [4.69, 9.17) is 16.7 Å². The third kappa shape index (κ3) is 3.82. The van der Waals surface area contributed by atoms with E-state index >= 15 is 0 Å². The molecular formula is C14H11ClN2O2. The van der Waals surface area contributed by atoms with Gasteiger partial charge in [0, 0.05) is 10.6 Å². The molecule has 19 heavy (non-hydrogen) atoms. The molecule has 1 amide bonds. The Kier molecular flexibility index (Phi) is 4.15. The lowest BCUT2D eigenvalue weighted by molar-refractivity contribution is 0.0955. The number of nitrogens with one attached hydrogen (secondary N) is 1. The van der Waals surface area contributed by atoms with Gasteiger partial charge in [0.2, 0.25) is 0 Å². The average molecular weight is 275 g/mol. The molecule has 0 bridgehead atoms. The number of amides is 1. The van der Waals surface area contributed by atoms with Gasteiger partial charge in [0.25, 0.3) is 5.91 Å². The zero-order valence-corrected chi connectivity index (χ0v) is 10.6. The Morgan fingerprint density at radius 3 is 2.63 bits per heavy atom. The van der Waals surface area contributed by atoms with Crippen molar-refractivity contribution in [2.45, 2.75) is 0 Å². The number of hydrazone groups is 1. The van der Waals surface area contributed by atoms with Gasteiger partial charge in [-0.1, -0.05) is 23.7 Å². The highest BCUT2D eigenvalue weighted by Crippen LogP contribution is 2.10. The number of phenols is 1. The highest BCUT2D eigenvalue weighted by atomic mass is 35.5. The van der Waals surface area contributed by atoms with Crippen LogP contribution in [0.15, 0.2) is 53.6 Å². The number of hydrogen-bond acceptors (Lipinski definition) is 3. The number of phenolic OH excluding ortho intramolecular Hbond substituents is 1. The van der Waals surface area contributed by atoms with Crippen LogP contribution in [-0.2, 0) is 0 Å². The van der Waals surface area contributed by atoms with Gasteiger partial charge in [-0.15, -0.1) is 0 Å². The van der Waals surface area contributed by atoms with E-state index in [-0.39, 0.29) is 11.7 Å². The summed E-state index contributed by atoms with van der Waals surface area (Å²) < 4.78 is 0. The summed E-state index contributed by atoms with van der Waals surface area (Å²) in [6.45, 7) is 0. The molecule has 0 unspecified atom stereocenters. The number of benzene rings is 2. The summed E-state index contributed by atoms with van der Waals surface area (Å²) >= 11 is 5.82. The maximum atomic E-state index is 11.7. The Morgan fingerprint density at radius 2 is 1.95 bits per heavy atom. The van der Waals surface area contributed by atoms with Crippen LogP contribution in [0, 0.1) is 0 Å². The van der Waals surface area contributed by atoms with E-state index in [1.807, 2.05) is 6.07 Å². The largest absolute Gasteiger partial charge is 0.508 e. The second-order valence-electron chi connectivity index (χ2n) is 3.80. The van der Waals surface area contributed by atoms with E-state index in [1.165, 1.54) is 30.5 Å². The van der Waals surface area contributed by atoms with Crippen molar-refractivity contribution in [3.63, 3.8) is 0 Å². The van der Waals surface area contributed by atoms with E-state index in [1.54, 1.807) is 18.2 Å². The zero-order valence-electron chi connectivity index (χ0n) is 9.88. The fourth-order valence-corrected chi connectivity index (χ4v) is 1.63. The van der Waals surface area contributed by atoms with Crippen LogP contribution in [0.25, 0.3) is 0 Å². The van der Waals surface area contributed by atoms with Gasteiger partial charge in [0.1, 0.15) is 5.75 Å². The first kappa shape index (κ1) is 13.1. The maximum Gasteiger partial charge on any atom is 0.271 e. The number of aromatic hydroxyl groups is 1. The maximum absolute atomic E-state index is 11.7. The summed E-state index contributed by atoms with van der Waals surface area (Å²) in [5.41, 5.74) is 3.60. The smallest absolute Gasteiger partial charge is 0.271 e. The molecule has 2 N–H and O–H groups in total. The fourth-order valence-electron chi connectivity index (χ4n) is 1.43. The van der Waals surface area contributed by atoms with Gasteiger partial charge in [-0.2, -0.15) is 5.10 Å². The number of carbonyl (C=O) groups is 1. The topological polar surface area (TPSA) is 61.7 Å². The minimum atomic E-state index is -0.349. The van der Waals surface area contributed by atoms with Crippen LogP contribution in [0.1, 0.15) is 15.9 Å². The van der Waals surface area contributed by atoms with Crippen LogP contribution in [0.5, 0.6) is 5.75 Å². The lowest BCUT2D eigenvalue weighted by atomic mass is 10.2. The average Bonchev–Trinajstić information content (AvgIpc) is 2.39. The molecule has 96 valence electrons. The molecule has 0 aliphatic rings. The normalized spacial score (nSPS) is 10.6. The number of rotatable bonds is 3. The number of halogens is 1. The molecule has 2 aromatic carbocycles. The third-order valence-corrected chi connectivity index (χ3v) is 2.59. The second kappa shape index (κ2) is 6.02. The van der Waals surface area contributed by atoms with Gasteiger partial charge in [-0.05, 0) is 42.0 Å². The van der Waals surface area contributed by atoms with Crippen LogP contribution < -0.4 is 5.43 Å². The van der Waals surface area contributed by atoms with Gasteiger partial charge in [-0.3, -0.25) is 4.79 Å². The highest BCUT2D eigenvalue weighted by molar-refractivity contribution is 6.30. The standard InChI is InChI=1S/C14H11ClN2O2/c15-12-3-1-2-10(8-12)9-16-17-14(19)11-4-6-13(18)7-5-11/h1-9,18H,(H,17,19)/b16-9+. The van der Waals surface area contributed by atoms with Crippen molar-refractivity contribution in [2.75, 3.05) is 0 Å². The zero-order chi connectivity index (χ0) is 13.7. The molecule has 0 radical (unpaired) electrons. The van der Waals surface area contributed by atoms with Gasteiger partial charge in [0.15, 0.2) is 0 Å². The molecule has 2 aromatic rings. The summed E-state index contributed by atoms with van der Waals surface area (Å²) in [5, 5.41) is 13.6. The van der Waals surface area contributed by atoms with Gasteiger partial charge in [-0.25, -0.2) is 5.43 Å². The lowest BCUT2D eigenvalue weighted by Gasteiger charge is -2.00. The van der Waals surface area contributed by atoms with Crippen molar-refractivity contribution < 1.29 is 9.90 Å². The molecule has 0 aromatic heterocycles. The fraction of sp³-hybridized carbons (Fsp3) is 0. The monoisotopic (exact) mass is 274 g/mol. The van der Waals surface area contributed by atoms with Crippen LogP contribution in [-0.4, -0.2) is 17.2 Å². The lowest BCUT2D eigenvalue weighted by Crippen LogP contribution is -2.17. The SMILES string of the molecule is O=C(N/N=C/c1cccc(Cl)c1)c1ccc(O)cc1. The molecule has 0 atom stereocenters. The number of carbonyl (C=O) groups excluding carboxylic acids is 1. The molecule has 0 saturated heterocycles. The highest BCUT2D eigenvalue weighted by Gasteiger charge is 2.03. The quantitative estimate of drug-likeness (QED) is 0.668. The first-order valence-corrected chi connectivity index (χ1v) is 5.91. The first-order valence-electron chi connectivity index (χ1n) is 5.53. The second-order valence-corrected chi connectivity index (χ2v) is 4.24. The van der Waals surface area contributed by atoms with Crippen LogP contribution in [0.4, 0.5) is 0 Å². The number of hydrogen-bond donors (Lipinski definition) is 2. The Morgan fingerprint density at radius 1 is 1.21 bits per heavy atom. The Labute approximate surface area is 115 Å². The van der Waals surface area contributed by atoms with E-state index in [0.717, 1.165) is 5.56 Å². The molecule has 2 rings (SSSR count). The van der Waals surface area contributed by atoms with Crippen molar-refractivity contribution >= 4 is 23.7 Å². The molecule has 0 saturated carbocycles. The predicted octanol–water partition coefficient (Wildman–Crippen LogP) is 2.81. The summed E-state index contributed by atoms with van der Waals surface area (Å²) in [5.74, 6) is -0.239. The molecule has 0 aliphatic carbocycles. The van der Waals surface area contributed by atoms with Crippen molar-refractivity contribution in [1.82, 2.24) is 5.43 Å². The van der Waals surface area contributed by atoms with Crippen LogP contribution >= 0.6 is 11.6 Å². The Balaban J connectivity index is 1.98. The van der Waals surface area contributed by atoms with Gasteiger partial charge >= 0.3 is 0 Å². The minimum absolute atomic E-state index is 0.110. The van der Waals surface area contributed by atoms with Crippen molar-refractivity contribution in [2.24, 2.45) is 5.10 Å². The molecule has 0 fully saturated rings. The molecular weight excluding hydrogens is 264 g/mol. The number of nitrogens with zero attached hydrogens (tertiary/aromatic N) is 1. The molecule has 5 heteroatoms. The molecule has 0 spiro atoms. The first-order chi connectivity index (χ1) is 9.15. The van der Waals surface area contributed by atoms with Gasteiger partial charge in [0.05, 0.1) is 6.21 Å². The molecule has 0 heterocycles. The van der Waals surface area contributed by atoms with Crippen molar-refractivity contribution in [1.29, 1.82) is 0 Å². The summed E-state index contributed by atoms with van der Waals surface area (Å²) in [6, 6.07) is 13.0. The van der Waals surface area contributed by atoms with Crippen molar-refractivity contribution in [3.8, 4) is 5.75 Å². The van der Waals surface area contributed by atoms with E-state index in [2.05, 4.69) is 10.5 Å². The van der Waals surface area contributed by atoms with E-state index in [9.17, 15) is 4.79 Å². The third-order valence-electron chi connectivity index (χ3n) is 2.36. The van der Waals surface area contributed by atoms with Crippen LogP contribution in [0.2, 0.25) is 5.02 Å². The summed E-state index contributed by atoms with van der Waals surface area (Å²) in [7, 11) is 0. The minimum Gasteiger partial charge on any atom is -0.508 e. The van der Waals surface area contributed by atoms with E-state index in [0.29, 0.717) is 10.6 Å². The molecule has 4 nitrogen and oxygen atoms in total. The van der Waals surface area contributed by atoms with E-state index < -0.39 is 0 Å². The van der Waals surface area contributed by atoms with Crippen LogP contribution in [0.3, 0.4) is 0 Å². The van der Waals surface area contributed by atoms with Gasteiger partial charge < -0.3 is 5.11 Å². The Hall–Kier alpha value is -2.33. The molecule has 0 aliphatic heterocycles.